The van der Waals surface area contributed by atoms with Gasteiger partial charge in [0, 0.05) is 49.5 Å². The van der Waals surface area contributed by atoms with Crippen LogP contribution in [0.4, 0.5) is 11.4 Å². The molecule has 2 aliphatic rings. The normalized spacial score (nSPS) is 20.5. The highest BCUT2D eigenvalue weighted by Crippen LogP contribution is 2.40. The molecule has 1 saturated carbocycles. The van der Waals surface area contributed by atoms with Gasteiger partial charge in [-0.15, -0.1) is 0 Å². The number of carbonyl (C=O) groups excluding carboxylic acids is 1. The highest BCUT2D eigenvalue weighted by molar-refractivity contribution is 6.36. The molecule has 8 nitrogen and oxygen atoms in total. The smallest absolute Gasteiger partial charge is 0.309 e. The van der Waals surface area contributed by atoms with E-state index < -0.39 is 11.4 Å². The lowest BCUT2D eigenvalue weighted by molar-refractivity contribution is -0.150. The van der Waals surface area contributed by atoms with Gasteiger partial charge in [0.2, 0.25) is 6.41 Å². The van der Waals surface area contributed by atoms with Crippen LogP contribution < -0.4 is 10.6 Å². The zero-order chi connectivity index (χ0) is 30.0. The molecule has 3 N–H and O–H groups in total. The number of carbonyl (C=O) groups is 2. The van der Waals surface area contributed by atoms with Crippen molar-refractivity contribution in [3.8, 4) is 11.1 Å². The van der Waals surface area contributed by atoms with Crippen molar-refractivity contribution >= 4 is 41.1 Å². The molecule has 1 aromatic heterocycles. The predicted octanol–water partition coefficient (Wildman–Crippen LogP) is 6.74. The summed E-state index contributed by atoms with van der Waals surface area (Å²) in [6.07, 6.45) is 6.55. The van der Waals surface area contributed by atoms with Crippen LogP contribution in [-0.4, -0.2) is 44.5 Å². The number of hydrogen-bond donors (Lipinski definition) is 3. The summed E-state index contributed by atoms with van der Waals surface area (Å²) in [6, 6.07) is 12.1. The molecule has 1 fully saturated rings. The van der Waals surface area contributed by atoms with Gasteiger partial charge in [-0.25, -0.2) is 4.98 Å². The number of hydrogen-bond acceptors (Lipinski definition) is 5. The number of imidazole rings is 1. The lowest BCUT2D eigenvalue weighted by atomic mass is 9.73. The summed E-state index contributed by atoms with van der Waals surface area (Å²) in [5.41, 5.74) is 6.77. The fraction of sp³-hybridized carbons (Fsp3) is 0.424. The molecular weight excluding hydrogens is 550 g/mol. The SMILES string of the molecule is C=C(Nc1cccc(-c2cccc(NC=O)c2CCC)c1Cl)c1nc2c(n1C)CCN(C1CCC(C)(C(=O)O)CC1)C2. The van der Waals surface area contributed by atoms with Gasteiger partial charge in [-0.1, -0.05) is 55.8 Å². The molecule has 9 heteroatoms. The third kappa shape index (κ3) is 5.70. The van der Waals surface area contributed by atoms with Crippen LogP contribution >= 0.6 is 11.6 Å². The van der Waals surface area contributed by atoms with E-state index in [0.29, 0.717) is 36.0 Å². The number of rotatable bonds is 10. The van der Waals surface area contributed by atoms with Gasteiger partial charge in [0.25, 0.3) is 0 Å². The first kappa shape index (κ1) is 29.9. The summed E-state index contributed by atoms with van der Waals surface area (Å²) in [4.78, 5) is 30.4. The Balaban J connectivity index is 1.34. The van der Waals surface area contributed by atoms with Gasteiger partial charge in [0.1, 0.15) is 0 Å². The van der Waals surface area contributed by atoms with Crippen LogP contribution in [-0.2, 0) is 36.0 Å². The number of aromatic nitrogens is 2. The molecule has 2 aromatic carbocycles. The Morgan fingerprint density at radius 3 is 2.55 bits per heavy atom. The fourth-order valence-corrected chi connectivity index (χ4v) is 6.84. The highest BCUT2D eigenvalue weighted by atomic mass is 35.5. The Morgan fingerprint density at radius 1 is 1.19 bits per heavy atom. The number of nitrogens with one attached hydrogen (secondary N) is 2. The summed E-state index contributed by atoms with van der Waals surface area (Å²) in [6.45, 7) is 10.0. The molecule has 2 heterocycles. The van der Waals surface area contributed by atoms with Crippen LogP contribution in [0.2, 0.25) is 5.02 Å². The van der Waals surface area contributed by atoms with Gasteiger partial charge in [0.15, 0.2) is 5.82 Å². The predicted molar refractivity (Wildman–Crippen MR) is 169 cm³/mol. The van der Waals surface area contributed by atoms with Crippen LogP contribution in [0.25, 0.3) is 16.8 Å². The molecule has 0 spiro atoms. The number of benzene rings is 2. The van der Waals surface area contributed by atoms with Gasteiger partial charge < -0.3 is 20.3 Å². The fourth-order valence-electron chi connectivity index (χ4n) is 6.56. The summed E-state index contributed by atoms with van der Waals surface area (Å²) in [5.74, 6) is 0.0898. The van der Waals surface area contributed by atoms with Crippen LogP contribution in [0.15, 0.2) is 43.0 Å². The van der Waals surface area contributed by atoms with Crippen molar-refractivity contribution in [1.82, 2.24) is 14.5 Å². The number of fused-ring (bicyclic) bond motifs is 1. The lowest BCUT2D eigenvalue weighted by Gasteiger charge is -2.41. The molecule has 3 aromatic rings. The molecule has 0 atom stereocenters. The number of halogens is 1. The minimum absolute atomic E-state index is 0.386. The number of carboxylic acid groups (broad SMARTS) is 1. The van der Waals surface area contributed by atoms with Crippen LogP contribution in [0.1, 0.15) is 68.7 Å². The van der Waals surface area contributed by atoms with Crippen LogP contribution in [0, 0.1) is 5.41 Å². The van der Waals surface area contributed by atoms with E-state index in [1.165, 1.54) is 5.69 Å². The zero-order valence-electron chi connectivity index (χ0n) is 24.7. The first-order valence-electron chi connectivity index (χ1n) is 14.8. The largest absolute Gasteiger partial charge is 0.481 e. The van der Waals surface area contributed by atoms with Gasteiger partial charge >= 0.3 is 5.97 Å². The van der Waals surface area contributed by atoms with Crippen molar-refractivity contribution in [3.05, 3.63) is 70.8 Å². The monoisotopic (exact) mass is 589 g/mol. The molecule has 222 valence electrons. The van der Waals surface area contributed by atoms with E-state index in [-0.39, 0.29) is 0 Å². The quantitative estimate of drug-likeness (QED) is 0.227. The Bertz CT molecular complexity index is 1510. The zero-order valence-corrected chi connectivity index (χ0v) is 25.4. The summed E-state index contributed by atoms with van der Waals surface area (Å²) < 4.78 is 2.12. The van der Waals surface area contributed by atoms with Crippen molar-refractivity contribution in [2.75, 3.05) is 17.2 Å². The maximum atomic E-state index is 11.7. The molecule has 1 amide bonds. The van der Waals surface area contributed by atoms with E-state index in [1.807, 2.05) is 50.4 Å². The number of carboxylic acids is 1. The van der Waals surface area contributed by atoms with E-state index in [0.717, 1.165) is 84.8 Å². The molecule has 1 aliphatic heterocycles. The van der Waals surface area contributed by atoms with Gasteiger partial charge in [-0.05, 0) is 62.3 Å². The highest BCUT2D eigenvalue weighted by Gasteiger charge is 2.40. The minimum Gasteiger partial charge on any atom is -0.481 e. The van der Waals surface area contributed by atoms with E-state index >= 15 is 0 Å². The number of aliphatic carboxylic acids is 1. The molecule has 5 rings (SSSR count). The van der Waals surface area contributed by atoms with Gasteiger partial charge in [-0.3, -0.25) is 14.5 Å². The lowest BCUT2D eigenvalue weighted by Crippen LogP contribution is -2.44. The standard InChI is InChI=1S/C33H40ClN5O3/c1-5-8-24-23(9-6-11-26(24)35-20-40)25-10-7-12-27(30(25)34)36-21(2)31-37-28-19-39(18-15-29(28)38(31)4)22-13-16-33(3,17-14-22)32(41)42/h6-7,9-12,20,22,36H,2,5,8,13-19H2,1,3-4H3,(H,35,40)(H,41,42). The van der Waals surface area contributed by atoms with Crippen molar-refractivity contribution in [2.45, 2.75) is 71.4 Å². The Kier molecular flexibility index (Phi) is 8.76. The van der Waals surface area contributed by atoms with E-state index in [4.69, 9.17) is 16.6 Å². The van der Waals surface area contributed by atoms with Crippen molar-refractivity contribution in [3.63, 3.8) is 0 Å². The van der Waals surface area contributed by atoms with Gasteiger partial charge in [0.05, 0.1) is 27.5 Å². The van der Waals surface area contributed by atoms with E-state index in [9.17, 15) is 14.7 Å². The molecule has 0 radical (unpaired) electrons. The van der Waals surface area contributed by atoms with Crippen molar-refractivity contribution in [1.29, 1.82) is 0 Å². The molecule has 0 bridgehead atoms. The second-order valence-electron chi connectivity index (χ2n) is 11.8. The molecule has 0 unspecified atom stereocenters. The Morgan fingerprint density at radius 2 is 1.88 bits per heavy atom. The first-order chi connectivity index (χ1) is 20.2. The maximum Gasteiger partial charge on any atom is 0.309 e. The molecule has 1 aliphatic carbocycles. The van der Waals surface area contributed by atoms with Crippen LogP contribution in [0.5, 0.6) is 0 Å². The second kappa shape index (κ2) is 12.3. The third-order valence-electron chi connectivity index (χ3n) is 9.11. The molecular formula is C33H40ClN5O3. The summed E-state index contributed by atoms with van der Waals surface area (Å²) in [5, 5.41) is 16.4. The first-order valence-corrected chi connectivity index (χ1v) is 15.1. The Labute approximate surface area is 252 Å². The van der Waals surface area contributed by atoms with E-state index in [2.05, 4.69) is 33.6 Å². The third-order valence-corrected chi connectivity index (χ3v) is 9.52. The Hall–Kier alpha value is -3.62. The topological polar surface area (TPSA) is 99.5 Å². The van der Waals surface area contributed by atoms with Gasteiger partial charge in [-0.2, -0.15) is 0 Å². The molecule has 0 saturated heterocycles. The number of anilines is 2. The summed E-state index contributed by atoms with van der Waals surface area (Å²) in [7, 11) is 2.03. The number of amides is 1. The maximum absolute atomic E-state index is 11.7. The minimum atomic E-state index is -0.683. The van der Waals surface area contributed by atoms with Crippen LogP contribution in [0.3, 0.4) is 0 Å². The van der Waals surface area contributed by atoms with E-state index in [1.54, 1.807) is 0 Å². The average Bonchev–Trinajstić information content (AvgIpc) is 3.31. The second-order valence-corrected chi connectivity index (χ2v) is 12.2. The van der Waals surface area contributed by atoms with Crippen molar-refractivity contribution in [2.24, 2.45) is 12.5 Å². The summed E-state index contributed by atoms with van der Waals surface area (Å²) >= 11 is 7.00. The average molecular weight is 590 g/mol. The number of nitrogens with zero attached hydrogens (tertiary/aromatic N) is 3. The van der Waals surface area contributed by atoms with Crippen molar-refractivity contribution < 1.29 is 14.7 Å². The molecule has 42 heavy (non-hydrogen) atoms.